The number of carbonyl (C=O) groups excluding carboxylic acids is 2. The van der Waals surface area contributed by atoms with Gasteiger partial charge in [-0.05, 0) is 6.42 Å². The van der Waals surface area contributed by atoms with E-state index >= 15 is 0 Å². The lowest BCUT2D eigenvalue weighted by Crippen LogP contribution is -2.34. The number of hydrogen-bond acceptors (Lipinski definition) is 9. The molecular weight excluding hydrogens is 413 g/mol. The molecule has 170 valence electrons. The number of nitrogens with two attached hydrogens (primary N) is 1. The molecule has 1 aliphatic heterocycles. The molecule has 12 heteroatoms. The van der Waals surface area contributed by atoms with Gasteiger partial charge in [-0.2, -0.15) is 4.98 Å². The Kier molecular flexibility index (Phi) is 6.88. The molecule has 0 aromatic carbocycles. The lowest BCUT2D eigenvalue weighted by atomic mass is 10.1. The third-order valence-electron chi connectivity index (χ3n) is 5.01. The van der Waals surface area contributed by atoms with Crippen molar-refractivity contribution in [2.24, 2.45) is 0 Å². The molecule has 1 fully saturated rings. The molecular formula is C19H26FN5O6. The zero-order valence-corrected chi connectivity index (χ0v) is 17.6. The molecule has 0 unspecified atom stereocenters. The van der Waals surface area contributed by atoms with Crippen LogP contribution in [-0.2, 0) is 30.3 Å². The molecule has 3 rings (SSSR count). The average molecular weight is 439 g/mol. The molecule has 0 bridgehead atoms. The van der Waals surface area contributed by atoms with Crippen LogP contribution in [0.25, 0.3) is 11.2 Å². The fourth-order valence-corrected chi connectivity index (χ4v) is 3.71. The van der Waals surface area contributed by atoms with E-state index in [-0.39, 0.29) is 18.0 Å². The van der Waals surface area contributed by atoms with Crippen LogP contribution in [0.5, 0.6) is 0 Å². The topological polar surface area (TPSA) is 141 Å². The van der Waals surface area contributed by atoms with E-state index in [4.69, 9.17) is 19.9 Å². The fraction of sp³-hybridized carbons (Fsp3) is 0.632. The third-order valence-corrected chi connectivity index (χ3v) is 5.01. The highest BCUT2D eigenvalue weighted by molar-refractivity contribution is 5.72. The minimum absolute atomic E-state index is 0.0285. The number of rotatable bonds is 8. The molecule has 0 radical (unpaired) electrons. The monoisotopic (exact) mass is 439 g/mol. The van der Waals surface area contributed by atoms with Crippen molar-refractivity contribution < 1.29 is 28.2 Å². The van der Waals surface area contributed by atoms with Crippen molar-refractivity contribution >= 4 is 29.1 Å². The second kappa shape index (κ2) is 9.41. The van der Waals surface area contributed by atoms with Crippen molar-refractivity contribution in [3.05, 3.63) is 16.7 Å². The molecule has 2 N–H and O–H groups in total. The Balaban J connectivity index is 2.08. The summed E-state index contributed by atoms with van der Waals surface area (Å²) in [5.41, 5.74) is 5.95. The molecule has 0 amide bonds. The largest absolute Gasteiger partial charge is 0.458 e. The van der Waals surface area contributed by atoms with Crippen LogP contribution in [-0.4, -0.2) is 56.0 Å². The number of ether oxygens (including phenoxy) is 3. The molecule has 31 heavy (non-hydrogen) atoms. The Hall–Kier alpha value is -3.02. The van der Waals surface area contributed by atoms with Crippen molar-refractivity contribution in [2.45, 2.75) is 71.1 Å². The van der Waals surface area contributed by atoms with E-state index in [1.54, 1.807) is 0 Å². The molecule has 0 saturated carbocycles. The minimum Gasteiger partial charge on any atom is -0.458 e. The van der Waals surface area contributed by atoms with Gasteiger partial charge in [-0.15, -0.1) is 0 Å². The van der Waals surface area contributed by atoms with Crippen LogP contribution >= 0.6 is 0 Å². The number of imidazole rings is 1. The zero-order valence-electron chi connectivity index (χ0n) is 17.6. The number of hydrogen-bond donors (Lipinski definition) is 1. The zero-order chi connectivity index (χ0) is 22.7. The Morgan fingerprint density at radius 2 is 2.13 bits per heavy atom. The highest BCUT2D eigenvalue weighted by Gasteiger charge is 2.45. The highest BCUT2D eigenvalue weighted by Crippen LogP contribution is 2.35. The Morgan fingerprint density at radius 1 is 1.39 bits per heavy atom. The first-order valence-electron chi connectivity index (χ1n) is 10.1. The number of nitrogen functional groups attached to an aromatic ring is 1. The Morgan fingerprint density at radius 3 is 2.74 bits per heavy atom. The first kappa shape index (κ1) is 22.7. The first-order valence-corrected chi connectivity index (χ1v) is 10.1. The molecule has 0 aliphatic carbocycles. The number of anilines is 1. The summed E-state index contributed by atoms with van der Waals surface area (Å²) in [4.78, 5) is 44.5. The second-order valence-corrected chi connectivity index (χ2v) is 7.35. The molecule has 2 aromatic rings. The minimum atomic E-state index is -1.20. The predicted molar refractivity (Wildman–Crippen MR) is 107 cm³/mol. The highest BCUT2D eigenvalue weighted by atomic mass is 19.1. The van der Waals surface area contributed by atoms with E-state index in [2.05, 4.69) is 9.97 Å². The number of halogens is 1. The lowest BCUT2D eigenvalue weighted by Gasteiger charge is -2.21. The van der Waals surface area contributed by atoms with Crippen molar-refractivity contribution in [2.75, 3.05) is 12.4 Å². The SMILES string of the molecule is CCCCn1c(=O)n([C@@H]2O[C@H]([C@H](CF)OC(C)=O)C[C@H]2OC(C)=O)c2nc(N)ncc21. The molecule has 1 aliphatic rings. The standard InChI is InChI=1S/C19H26FN5O6/c1-4-5-6-24-12-9-22-18(21)23-16(12)25(19(24)28)17-14(29-10(2)26)7-13(31-17)15(8-20)30-11(3)27/h9,13-15,17H,4-8H2,1-3H3,(H2,21,22,23)/t13-,14+,15-,17+/m0/s1. The molecule has 3 heterocycles. The number of fused-ring (bicyclic) bond motifs is 1. The van der Waals surface area contributed by atoms with Crippen LogP contribution < -0.4 is 11.4 Å². The maximum atomic E-state index is 13.5. The van der Waals surface area contributed by atoms with Crippen molar-refractivity contribution in [3.63, 3.8) is 0 Å². The van der Waals surface area contributed by atoms with E-state index < -0.39 is 48.8 Å². The number of aryl methyl sites for hydroxylation is 1. The van der Waals surface area contributed by atoms with Gasteiger partial charge in [-0.25, -0.2) is 18.7 Å². The van der Waals surface area contributed by atoms with E-state index in [9.17, 15) is 18.8 Å². The molecule has 11 nitrogen and oxygen atoms in total. The van der Waals surface area contributed by atoms with Gasteiger partial charge in [0.05, 0.1) is 6.20 Å². The van der Waals surface area contributed by atoms with Crippen molar-refractivity contribution in [1.82, 2.24) is 19.1 Å². The van der Waals surface area contributed by atoms with Crippen LogP contribution in [0.4, 0.5) is 10.3 Å². The van der Waals surface area contributed by atoms with E-state index in [0.29, 0.717) is 12.1 Å². The summed E-state index contributed by atoms with van der Waals surface area (Å²) in [6.07, 6.45) is -1.10. The molecule has 1 saturated heterocycles. The Bertz CT molecular complexity index is 1020. The van der Waals surface area contributed by atoms with Crippen molar-refractivity contribution in [1.29, 1.82) is 0 Å². The number of aromatic nitrogens is 4. The van der Waals surface area contributed by atoms with Gasteiger partial charge in [-0.1, -0.05) is 13.3 Å². The van der Waals surface area contributed by atoms with Gasteiger partial charge in [0, 0.05) is 26.8 Å². The van der Waals surface area contributed by atoms with Crippen LogP contribution in [0.2, 0.25) is 0 Å². The van der Waals surface area contributed by atoms with E-state index in [0.717, 1.165) is 19.8 Å². The van der Waals surface area contributed by atoms with Gasteiger partial charge in [0.1, 0.15) is 24.4 Å². The first-order chi connectivity index (χ1) is 14.8. The van der Waals surface area contributed by atoms with E-state index in [1.807, 2.05) is 6.92 Å². The van der Waals surface area contributed by atoms with Crippen LogP contribution in [0.1, 0.15) is 46.3 Å². The summed E-state index contributed by atoms with van der Waals surface area (Å²) in [5, 5.41) is 0. The summed E-state index contributed by atoms with van der Waals surface area (Å²) in [7, 11) is 0. The summed E-state index contributed by atoms with van der Waals surface area (Å²) in [6.45, 7) is 3.79. The maximum absolute atomic E-state index is 13.5. The normalized spacial score (nSPS) is 21.9. The average Bonchev–Trinajstić information content (AvgIpc) is 3.21. The van der Waals surface area contributed by atoms with Gasteiger partial charge in [0.25, 0.3) is 0 Å². The molecule has 4 atom stereocenters. The van der Waals surface area contributed by atoms with Crippen LogP contribution in [0.3, 0.4) is 0 Å². The third kappa shape index (κ3) is 4.68. The summed E-state index contributed by atoms with van der Waals surface area (Å²) >= 11 is 0. The van der Waals surface area contributed by atoms with Crippen LogP contribution in [0, 0.1) is 0 Å². The predicted octanol–water partition coefficient (Wildman–Crippen LogP) is 1.10. The lowest BCUT2D eigenvalue weighted by molar-refractivity contribution is -0.159. The van der Waals surface area contributed by atoms with Gasteiger partial charge in [0.2, 0.25) is 5.95 Å². The summed E-state index contributed by atoms with van der Waals surface area (Å²) in [6, 6.07) is 0. The molecule has 2 aromatic heterocycles. The summed E-state index contributed by atoms with van der Waals surface area (Å²) in [5.74, 6) is -1.32. The second-order valence-electron chi connectivity index (χ2n) is 7.35. The van der Waals surface area contributed by atoms with Crippen molar-refractivity contribution in [3.8, 4) is 0 Å². The van der Waals surface area contributed by atoms with Gasteiger partial charge in [-0.3, -0.25) is 14.2 Å². The fourth-order valence-electron chi connectivity index (χ4n) is 3.71. The summed E-state index contributed by atoms with van der Waals surface area (Å²) < 4.78 is 32.6. The van der Waals surface area contributed by atoms with Crippen LogP contribution in [0.15, 0.2) is 11.0 Å². The molecule has 0 spiro atoms. The quantitative estimate of drug-likeness (QED) is 0.598. The maximum Gasteiger partial charge on any atom is 0.332 e. The van der Waals surface area contributed by atoms with E-state index in [1.165, 1.54) is 22.3 Å². The number of unbranched alkanes of at least 4 members (excludes halogenated alkanes) is 1. The Labute approximate surface area is 177 Å². The number of alkyl halides is 1. The number of esters is 2. The number of carbonyl (C=O) groups is 2. The van der Waals surface area contributed by atoms with Gasteiger partial charge in [0.15, 0.2) is 18.0 Å². The smallest absolute Gasteiger partial charge is 0.332 e. The van der Waals surface area contributed by atoms with Gasteiger partial charge < -0.3 is 19.9 Å². The van der Waals surface area contributed by atoms with Gasteiger partial charge >= 0.3 is 17.6 Å². The number of nitrogens with zero attached hydrogens (tertiary/aromatic N) is 4.